The van der Waals surface area contributed by atoms with Gasteiger partial charge in [0.1, 0.15) is 0 Å². The second-order valence-electron chi connectivity index (χ2n) is 3.35. The lowest BCUT2D eigenvalue weighted by molar-refractivity contribution is 1.47. The number of aryl methyl sites for hydroxylation is 1. The molecule has 16 heavy (non-hydrogen) atoms. The van der Waals surface area contributed by atoms with E-state index in [-0.39, 0.29) is 0 Å². The van der Waals surface area contributed by atoms with Crippen molar-refractivity contribution in [3.05, 3.63) is 59.1 Å². The summed E-state index contributed by atoms with van der Waals surface area (Å²) in [7, 11) is 0. The molecule has 2 aromatic carbocycles. The van der Waals surface area contributed by atoms with Crippen LogP contribution in [0.4, 0.5) is 0 Å². The van der Waals surface area contributed by atoms with Crippen molar-refractivity contribution >= 4 is 11.6 Å². The quantitative estimate of drug-likeness (QED) is 0.623. The van der Waals surface area contributed by atoms with Crippen molar-refractivity contribution in [2.24, 2.45) is 0 Å². The predicted octanol–water partition coefficient (Wildman–Crippen LogP) is 5.34. The van der Waals surface area contributed by atoms with Crippen LogP contribution in [-0.2, 0) is 0 Å². The van der Waals surface area contributed by atoms with Crippen molar-refractivity contribution in [1.82, 2.24) is 0 Å². The highest BCUT2D eigenvalue weighted by atomic mass is 35.5. The van der Waals surface area contributed by atoms with Crippen molar-refractivity contribution in [3.63, 3.8) is 0 Å². The van der Waals surface area contributed by atoms with E-state index in [4.69, 9.17) is 11.6 Å². The highest BCUT2D eigenvalue weighted by Crippen LogP contribution is 2.27. The minimum Gasteiger partial charge on any atom is -0.0837 e. The smallest absolute Gasteiger partial charge is 0.0484 e. The molecule has 2 aromatic rings. The molecule has 0 nitrogen and oxygen atoms in total. The maximum atomic E-state index is 6.11. The largest absolute Gasteiger partial charge is 0.0837 e. The molecule has 0 bridgehead atoms. The molecule has 0 amide bonds. The fraction of sp³-hybridized carbons (Fsp3) is 0.200. The molecule has 0 saturated heterocycles. The first-order chi connectivity index (χ1) is 7.77. The Bertz CT molecular complexity index is 447. The van der Waals surface area contributed by atoms with Gasteiger partial charge in [-0.2, -0.15) is 0 Å². The summed E-state index contributed by atoms with van der Waals surface area (Å²) in [6.45, 7) is 6.08. The third-order valence-electron chi connectivity index (χ3n) is 2.20. The van der Waals surface area contributed by atoms with E-state index in [1.54, 1.807) is 0 Å². The van der Waals surface area contributed by atoms with E-state index in [1.807, 2.05) is 44.2 Å². The average molecular weight is 233 g/mol. The Kier molecular flexibility index (Phi) is 5.07. The SMILES string of the molecule is CC.Cc1cccc(-c2ccccc2Cl)c1. The highest BCUT2D eigenvalue weighted by Gasteiger charge is 2.01. The molecule has 0 fully saturated rings. The Morgan fingerprint density at radius 1 is 0.875 bits per heavy atom. The van der Waals surface area contributed by atoms with Crippen molar-refractivity contribution in [1.29, 1.82) is 0 Å². The average Bonchev–Trinajstić information content (AvgIpc) is 2.32. The van der Waals surface area contributed by atoms with Crippen LogP contribution in [0.1, 0.15) is 19.4 Å². The molecular weight excluding hydrogens is 216 g/mol. The zero-order chi connectivity index (χ0) is 12.0. The summed E-state index contributed by atoms with van der Waals surface area (Å²) in [5.74, 6) is 0. The van der Waals surface area contributed by atoms with Gasteiger partial charge in [-0.25, -0.2) is 0 Å². The summed E-state index contributed by atoms with van der Waals surface area (Å²) in [6, 6.07) is 16.3. The molecule has 0 aromatic heterocycles. The lowest BCUT2D eigenvalue weighted by Gasteiger charge is -2.04. The van der Waals surface area contributed by atoms with Crippen LogP contribution in [0.2, 0.25) is 5.02 Å². The molecular formula is C15H17Cl. The van der Waals surface area contributed by atoms with E-state index < -0.39 is 0 Å². The Morgan fingerprint density at radius 2 is 1.56 bits per heavy atom. The van der Waals surface area contributed by atoms with Gasteiger partial charge in [-0.05, 0) is 18.6 Å². The first-order valence-electron chi connectivity index (χ1n) is 5.59. The second-order valence-corrected chi connectivity index (χ2v) is 3.76. The highest BCUT2D eigenvalue weighted by molar-refractivity contribution is 6.33. The van der Waals surface area contributed by atoms with Gasteiger partial charge in [-0.1, -0.05) is 73.5 Å². The molecule has 0 unspecified atom stereocenters. The fourth-order valence-corrected chi connectivity index (χ4v) is 1.75. The minimum absolute atomic E-state index is 0.804. The van der Waals surface area contributed by atoms with Crippen molar-refractivity contribution in [2.45, 2.75) is 20.8 Å². The third kappa shape index (κ3) is 3.11. The second kappa shape index (κ2) is 6.34. The van der Waals surface area contributed by atoms with Crippen LogP contribution in [-0.4, -0.2) is 0 Å². The lowest BCUT2D eigenvalue weighted by atomic mass is 10.0. The van der Waals surface area contributed by atoms with Gasteiger partial charge in [0.15, 0.2) is 0 Å². The molecule has 0 heterocycles. The monoisotopic (exact) mass is 232 g/mol. The third-order valence-corrected chi connectivity index (χ3v) is 2.53. The summed E-state index contributed by atoms with van der Waals surface area (Å²) in [5, 5.41) is 0.804. The van der Waals surface area contributed by atoms with Crippen LogP contribution in [0, 0.1) is 6.92 Å². The molecule has 0 N–H and O–H groups in total. The van der Waals surface area contributed by atoms with Gasteiger partial charge in [0, 0.05) is 10.6 Å². The van der Waals surface area contributed by atoms with Crippen LogP contribution in [0.3, 0.4) is 0 Å². The van der Waals surface area contributed by atoms with Gasteiger partial charge in [-0.3, -0.25) is 0 Å². The van der Waals surface area contributed by atoms with Crippen LogP contribution >= 0.6 is 11.6 Å². The summed E-state index contributed by atoms with van der Waals surface area (Å²) in [5.41, 5.74) is 3.52. The Balaban J connectivity index is 0.000000606. The van der Waals surface area contributed by atoms with Crippen LogP contribution in [0.5, 0.6) is 0 Å². The van der Waals surface area contributed by atoms with Crippen molar-refractivity contribution in [3.8, 4) is 11.1 Å². The van der Waals surface area contributed by atoms with Crippen LogP contribution < -0.4 is 0 Å². The maximum Gasteiger partial charge on any atom is 0.0484 e. The van der Waals surface area contributed by atoms with Gasteiger partial charge in [-0.15, -0.1) is 0 Å². The predicted molar refractivity (Wildman–Crippen MR) is 73.0 cm³/mol. The molecule has 0 saturated carbocycles. The van der Waals surface area contributed by atoms with Gasteiger partial charge in [0.05, 0.1) is 0 Å². The fourth-order valence-electron chi connectivity index (χ4n) is 1.51. The molecule has 1 heteroatoms. The molecule has 0 radical (unpaired) electrons. The first-order valence-corrected chi connectivity index (χ1v) is 5.97. The van der Waals surface area contributed by atoms with Gasteiger partial charge in [0.2, 0.25) is 0 Å². The van der Waals surface area contributed by atoms with E-state index in [9.17, 15) is 0 Å². The van der Waals surface area contributed by atoms with E-state index in [2.05, 4.69) is 25.1 Å². The van der Waals surface area contributed by atoms with Crippen LogP contribution in [0.25, 0.3) is 11.1 Å². The molecule has 2 rings (SSSR count). The van der Waals surface area contributed by atoms with Gasteiger partial charge < -0.3 is 0 Å². The Labute approximate surface area is 103 Å². The zero-order valence-corrected chi connectivity index (χ0v) is 10.8. The molecule has 84 valence electrons. The van der Waals surface area contributed by atoms with Gasteiger partial charge >= 0.3 is 0 Å². The number of hydrogen-bond donors (Lipinski definition) is 0. The molecule has 0 spiro atoms. The zero-order valence-electron chi connectivity index (χ0n) is 10.00. The summed E-state index contributed by atoms with van der Waals surface area (Å²) < 4.78 is 0. The number of halogens is 1. The summed E-state index contributed by atoms with van der Waals surface area (Å²) >= 11 is 6.11. The topological polar surface area (TPSA) is 0 Å². The maximum absolute atomic E-state index is 6.11. The summed E-state index contributed by atoms with van der Waals surface area (Å²) in [4.78, 5) is 0. The number of benzene rings is 2. The van der Waals surface area contributed by atoms with Crippen LogP contribution in [0.15, 0.2) is 48.5 Å². The van der Waals surface area contributed by atoms with Gasteiger partial charge in [0.25, 0.3) is 0 Å². The molecule has 0 atom stereocenters. The normalized spacial score (nSPS) is 9.25. The number of hydrogen-bond acceptors (Lipinski definition) is 0. The number of rotatable bonds is 1. The first kappa shape index (κ1) is 12.8. The minimum atomic E-state index is 0.804. The Morgan fingerprint density at radius 3 is 2.19 bits per heavy atom. The molecule has 0 aliphatic heterocycles. The van der Waals surface area contributed by atoms with Crippen molar-refractivity contribution in [2.75, 3.05) is 0 Å². The Hall–Kier alpha value is -1.27. The summed E-state index contributed by atoms with van der Waals surface area (Å²) in [6.07, 6.45) is 0. The van der Waals surface area contributed by atoms with E-state index in [1.165, 1.54) is 11.1 Å². The lowest BCUT2D eigenvalue weighted by Crippen LogP contribution is -1.79. The molecule has 0 aliphatic carbocycles. The van der Waals surface area contributed by atoms with E-state index >= 15 is 0 Å². The molecule has 0 aliphatic rings. The standard InChI is InChI=1S/C13H11Cl.C2H6/c1-10-5-4-6-11(9-10)12-7-2-3-8-13(12)14;1-2/h2-9H,1H3;1-2H3. The van der Waals surface area contributed by atoms with Crippen molar-refractivity contribution < 1.29 is 0 Å². The van der Waals surface area contributed by atoms with E-state index in [0.29, 0.717) is 0 Å². The van der Waals surface area contributed by atoms with E-state index in [0.717, 1.165) is 10.6 Å².